The number of ether oxygens (including phenoxy) is 1. The smallest absolute Gasteiger partial charge is 0.381 e. The van der Waals surface area contributed by atoms with Crippen LogP contribution in [0.5, 0.6) is 0 Å². The van der Waals surface area contributed by atoms with Gasteiger partial charge in [-0.05, 0) is 18.9 Å². The Hall–Kier alpha value is -2.16. The van der Waals surface area contributed by atoms with E-state index in [-0.39, 0.29) is 24.5 Å². The van der Waals surface area contributed by atoms with Gasteiger partial charge in [0.25, 0.3) is 11.6 Å². The van der Waals surface area contributed by atoms with Gasteiger partial charge in [-0.2, -0.15) is 13.2 Å². The van der Waals surface area contributed by atoms with Crippen molar-refractivity contribution in [3.63, 3.8) is 0 Å². The zero-order valence-corrected chi connectivity index (χ0v) is 12.1. The lowest BCUT2D eigenvalue weighted by Crippen LogP contribution is -2.47. The highest BCUT2D eigenvalue weighted by atomic mass is 19.4. The number of nitrogens with zero attached hydrogens (tertiary/aromatic N) is 2. The molecule has 0 atom stereocenters. The second kappa shape index (κ2) is 6.95. The summed E-state index contributed by atoms with van der Waals surface area (Å²) in [7, 11) is 0. The van der Waals surface area contributed by atoms with E-state index >= 15 is 0 Å². The maximum absolute atomic E-state index is 12.8. The molecule has 0 radical (unpaired) electrons. The molecule has 1 aliphatic rings. The zero-order chi connectivity index (χ0) is 17.0. The van der Waals surface area contributed by atoms with Gasteiger partial charge in [0, 0.05) is 37.0 Å². The number of nitro benzene ring substituents is 1. The fourth-order valence-electron chi connectivity index (χ4n) is 2.48. The van der Waals surface area contributed by atoms with E-state index in [9.17, 15) is 28.1 Å². The van der Waals surface area contributed by atoms with Crippen LogP contribution < -0.4 is 0 Å². The standard InChI is InChI=1S/C14H15F3N2O4/c15-14(16,17)9-18(11-4-6-23-7-5-11)13(20)10-2-1-3-12(8-10)19(21)22/h1-3,8,11H,4-7,9H2. The molecule has 1 aromatic carbocycles. The molecular weight excluding hydrogens is 317 g/mol. The third-order valence-electron chi connectivity index (χ3n) is 3.55. The molecular formula is C14H15F3N2O4. The van der Waals surface area contributed by atoms with E-state index in [0.717, 1.165) is 11.0 Å². The van der Waals surface area contributed by atoms with E-state index in [1.807, 2.05) is 0 Å². The lowest BCUT2D eigenvalue weighted by Gasteiger charge is -2.34. The number of carbonyl (C=O) groups is 1. The van der Waals surface area contributed by atoms with Gasteiger partial charge in [0.1, 0.15) is 6.54 Å². The van der Waals surface area contributed by atoms with Gasteiger partial charge in [-0.15, -0.1) is 0 Å². The molecule has 0 spiro atoms. The highest BCUT2D eigenvalue weighted by Gasteiger charge is 2.37. The predicted molar refractivity (Wildman–Crippen MR) is 74.0 cm³/mol. The molecule has 1 aliphatic heterocycles. The van der Waals surface area contributed by atoms with Crippen molar-refractivity contribution in [1.82, 2.24) is 4.90 Å². The van der Waals surface area contributed by atoms with Crippen molar-refractivity contribution < 1.29 is 27.6 Å². The summed E-state index contributed by atoms with van der Waals surface area (Å²) < 4.78 is 43.5. The third kappa shape index (κ3) is 4.65. The van der Waals surface area contributed by atoms with Crippen molar-refractivity contribution >= 4 is 11.6 Å². The highest BCUT2D eigenvalue weighted by Crippen LogP contribution is 2.25. The Bertz CT molecular complexity index is 586. The zero-order valence-electron chi connectivity index (χ0n) is 12.1. The molecule has 6 nitrogen and oxygen atoms in total. The van der Waals surface area contributed by atoms with Crippen LogP contribution in [-0.2, 0) is 4.74 Å². The predicted octanol–water partition coefficient (Wildman–Crippen LogP) is 2.78. The number of nitro groups is 1. The third-order valence-corrected chi connectivity index (χ3v) is 3.55. The molecule has 0 aliphatic carbocycles. The highest BCUT2D eigenvalue weighted by molar-refractivity contribution is 5.95. The SMILES string of the molecule is O=C(c1cccc([N+](=O)[O-])c1)N(CC(F)(F)F)C1CCOCC1. The van der Waals surface area contributed by atoms with E-state index < -0.39 is 29.6 Å². The van der Waals surface area contributed by atoms with Gasteiger partial charge >= 0.3 is 6.18 Å². The fraction of sp³-hybridized carbons (Fsp3) is 0.500. The number of benzene rings is 1. The van der Waals surface area contributed by atoms with Crippen LogP contribution in [0.3, 0.4) is 0 Å². The Labute approximate surface area is 130 Å². The van der Waals surface area contributed by atoms with E-state index in [0.29, 0.717) is 12.8 Å². The van der Waals surface area contributed by atoms with Gasteiger partial charge in [0.15, 0.2) is 0 Å². The largest absolute Gasteiger partial charge is 0.406 e. The number of non-ortho nitro benzene ring substituents is 1. The van der Waals surface area contributed by atoms with Gasteiger partial charge in [-0.3, -0.25) is 14.9 Å². The van der Waals surface area contributed by atoms with Gasteiger partial charge in [-0.25, -0.2) is 0 Å². The number of carbonyl (C=O) groups excluding carboxylic acids is 1. The van der Waals surface area contributed by atoms with E-state index in [4.69, 9.17) is 4.74 Å². The first-order valence-corrected chi connectivity index (χ1v) is 6.98. The summed E-state index contributed by atoms with van der Waals surface area (Å²) in [4.78, 5) is 23.3. The van der Waals surface area contributed by atoms with Crippen LogP contribution in [0.1, 0.15) is 23.2 Å². The average Bonchev–Trinajstić information content (AvgIpc) is 2.52. The number of rotatable bonds is 4. The Morgan fingerprint density at radius 1 is 1.35 bits per heavy atom. The Morgan fingerprint density at radius 2 is 2.00 bits per heavy atom. The summed E-state index contributed by atoms with van der Waals surface area (Å²) in [5, 5.41) is 10.8. The molecule has 1 fully saturated rings. The summed E-state index contributed by atoms with van der Waals surface area (Å²) in [6, 6.07) is 4.13. The van der Waals surface area contributed by atoms with Crippen molar-refractivity contribution in [1.29, 1.82) is 0 Å². The van der Waals surface area contributed by atoms with Crippen molar-refractivity contribution in [2.45, 2.75) is 25.1 Å². The molecule has 0 N–H and O–H groups in total. The fourth-order valence-corrected chi connectivity index (χ4v) is 2.48. The molecule has 9 heteroatoms. The molecule has 0 bridgehead atoms. The molecule has 2 rings (SSSR count). The molecule has 0 aromatic heterocycles. The summed E-state index contributed by atoms with van der Waals surface area (Å²) in [6.07, 6.45) is -3.94. The van der Waals surface area contributed by atoms with Crippen LogP contribution in [0.4, 0.5) is 18.9 Å². The summed E-state index contributed by atoms with van der Waals surface area (Å²) in [5.41, 5.74) is -0.468. The minimum atomic E-state index is -4.55. The minimum absolute atomic E-state index is 0.130. The quantitative estimate of drug-likeness (QED) is 0.628. The number of hydrogen-bond donors (Lipinski definition) is 0. The molecule has 126 valence electrons. The van der Waals surface area contributed by atoms with Gasteiger partial charge in [0.2, 0.25) is 0 Å². The maximum Gasteiger partial charge on any atom is 0.406 e. The minimum Gasteiger partial charge on any atom is -0.381 e. The van der Waals surface area contributed by atoms with Crippen molar-refractivity contribution in [3.05, 3.63) is 39.9 Å². The van der Waals surface area contributed by atoms with Crippen LogP contribution in [0, 0.1) is 10.1 Å². The summed E-state index contributed by atoms with van der Waals surface area (Å²) >= 11 is 0. The number of alkyl halides is 3. The van der Waals surface area contributed by atoms with Crippen LogP contribution in [-0.4, -0.2) is 47.7 Å². The Balaban J connectivity index is 2.28. The number of amides is 1. The molecule has 0 saturated carbocycles. The van der Waals surface area contributed by atoms with E-state index in [2.05, 4.69) is 0 Å². The first-order chi connectivity index (χ1) is 10.8. The molecule has 0 unspecified atom stereocenters. The van der Waals surface area contributed by atoms with Crippen LogP contribution in [0.15, 0.2) is 24.3 Å². The molecule has 1 amide bonds. The molecule has 1 heterocycles. The topological polar surface area (TPSA) is 72.7 Å². The molecule has 1 aromatic rings. The Kier molecular flexibility index (Phi) is 5.19. The lowest BCUT2D eigenvalue weighted by atomic mass is 10.0. The monoisotopic (exact) mass is 332 g/mol. The molecule has 1 saturated heterocycles. The lowest BCUT2D eigenvalue weighted by molar-refractivity contribution is -0.384. The first kappa shape index (κ1) is 17.2. The average molecular weight is 332 g/mol. The van der Waals surface area contributed by atoms with Crippen molar-refractivity contribution in [3.8, 4) is 0 Å². The second-order valence-corrected chi connectivity index (χ2v) is 5.20. The van der Waals surface area contributed by atoms with Gasteiger partial charge in [-0.1, -0.05) is 6.07 Å². The maximum atomic E-state index is 12.8. The summed E-state index contributed by atoms with van der Waals surface area (Å²) in [6.45, 7) is -0.832. The van der Waals surface area contributed by atoms with Crippen LogP contribution >= 0.6 is 0 Å². The van der Waals surface area contributed by atoms with Crippen molar-refractivity contribution in [2.75, 3.05) is 19.8 Å². The van der Waals surface area contributed by atoms with Gasteiger partial charge < -0.3 is 9.64 Å². The van der Waals surface area contributed by atoms with E-state index in [1.165, 1.54) is 18.2 Å². The van der Waals surface area contributed by atoms with Gasteiger partial charge in [0.05, 0.1) is 4.92 Å². The first-order valence-electron chi connectivity index (χ1n) is 6.98. The molecule has 23 heavy (non-hydrogen) atoms. The number of hydrogen-bond acceptors (Lipinski definition) is 4. The van der Waals surface area contributed by atoms with Crippen LogP contribution in [0.25, 0.3) is 0 Å². The summed E-state index contributed by atoms with van der Waals surface area (Å²) in [5.74, 6) is -0.863. The van der Waals surface area contributed by atoms with Crippen LogP contribution in [0.2, 0.25) is 0 Å². The van der Waals surface area contributed by atoms with E-state index in [1.54, 1.807) is 0 Å². The van der Waals surface area contributed by atoms with Crippen molar-refractivity contribution in [2.24, 2.45) is 0 Å². The number of halogens is 3. The second-order valence-electron chi connectivity index (χ2n) is 5.20. The Morgan fingerprint density at radius 3 is 2.57 bits per heavy atom. The normalized spacial score (nSPS) is 16.1.